The Morgan fingerprint density at radius 2 is 2.00 bits per heavy atom. The summed E-state index contributed by atoms with van der Waals surface area (Å²) < 4.78 is 2.18. The van der Waals surface area contributed by atoms with Gasteiger partial charge in [0.2, 0.25) is 0 Å². The number of nitrogens with two attached hydrogens (primary N) is 1. The van der Waals surface area contributed by atoms with Crippen molar-refractivity contribution in [2.75, 3.05) is 5.73 Å². The maximum atomic E-state index is 5.56. The van der Waals surface area contributed by atoms with E-state index in [1.54, 1.807) is 0 Å². The molecule has 0 radical (unpaired) electrons. The zero-order valence-electron chi connectivity index (χ0n) is 8.84. The van der Waals surface area contributed by atoms with Gasteiger partial charge in [0.25, 0.3) is 0 Å². The van der Waals surface area contributed by atoms with Crippen molar-refractivity contribution in [1.29, 1.82) is 0 Å². The van der Waals surface area contributed by atoms with E-state index in [1.165, 1.54) is 11.3 Å². The second-order valence-corrected chi connectivity index (χ2v) is 4.28. The van der Waals surface area contributed by atoms with Gasteiger partial charge in [0.1, 0.15) is 6.54 Å². The normalized spacial score (nSPS) is 9.75. The van der Waals surface area contributed by atoms with Gasteiger partial charge in [0.05, 0.1) is 5.69 Å². The molecule has 2 N–H and O–H groups in total. The van der Waals surface area contributed by atoms with Crippen molar-refractivity contribution in [3.05, 3.63) is 41.7 Å². The van der Waals surface area contributed by atoms with E-state index in [4.69, 9.17) is 5.73 Å². The van der Waals surface area contributed by atoms with Gasteiger partial charge in [-0.2, -0.15) is 0 Å². The first kappa shape index (κ1) is 13.1. The molecule has 0 spiro atoms. The van der Waals surface area contributed by atoms with Crippen LogP contribution in [0.1, 0.15) is 12.1 Å². The van der Waals surface area contributed by atoms with Gasteiger partial charge < -0.3 is 22.7 Å². The van der Waals surface area contributed by atoms with Crippen LogP contribution < -0.4 is 27.3 Å². The van der Waals surface area contributed by atoms with Gasteiger partial charge in [0, 0.05) is 23.9 Å². The molecule has 0 amide bonds. The molecule has 2 rings (SSSR count). The van der Waals surface area contributed by atoms with E-state index in [-0.39, 0.29) is 17.0 Å². The lowest BCUT2D eigenvalue weighted by atomic mass is 10.2. The highest BCUT2D eigenvalue weighted by Gasteiger charge is 2.01. The van der Waals surface area contributed by atoms with Crippen molar-refractivity contribution in [1.82, 2.24) is 4.98 Å². The monoisotopic (exact) mass is 299 g/mol. The molecule has 0 saturated carbocycles. The Balaban J connectivity index is 0.00000128. The van der Waals surface area contributed by atoms with Gasteiger partial charge in [-0.25, -0.2) is 9.55 Å². The molecular weight excluding hydrogens is 286 g/mol. The van der Waals surface area contributed by atoms with Crippen molar-refractivity contribution in [2.24, 2.45) is 0 Å². The smallest absolute Gasteiger partial charge is 0.180 e. The lowest BCUT2D eigenvalue weighted by Gasteiger charge is -1.95. The highest BCUT2D eigenvalue weighted by molar-refractivity contribution is 7.13. The first-order chi connectivity index (χ1) is 7.34. The van der Waals surface area contributed by atoms with Crippen LogP contribution in [-0.2, 0) is 13.0 Å². The second-order valence-electron chi connectivity index (χ2n) is 3.39. The number of nitrogen functional groups attached to an aromatic ring is 1. The van der Waals surface area contributed by atoms with Gasteiger partial charge in [-0.05, 0) is 6.42 Å². The number of hydrogen-bond acceptors (Lipinski definition) is 3. The molecule has 0 aliphatic rings. The Labute approximate surface area is 110 Å². The average Bonchev–Trinajstić information content (AvgIpc) is 2.66. The van der Waals surface area contributed by atoms with Gasteiger partial charge >= 0.3 is 0 Å². The Kier molecular flexibility index (Phi) is 5.42. The zero-order valence-corrected chi connectivity index (χ0v) is 11.2. The average molecular weight is 300 g/mol. The number of aryl methyl sites for hydroxylation is 2. The molecule has 0 aromatic carbocycles. The number of nitrogens with zero attached hydrogens (tertiary/aromatic N) is 2. The lowest BCUT2D eigenvalue weighted by Crippen LogP contribution is -3.00. The van der Waals surface area contributed by atoms with Crippen LogP contribution in [0.2, 0.25) is 0 Å². The maximum Gasteiger partial charge on any atom is 0.180 e. The van der Waals surface area contributed by atoms with Gasteiger partial charge in [-0.1, -0.05) is 6.07 Å². The second kappa shape index (κ2) is 6.60. The molecule has 2 heterocycles. The van der Waals surface area contributed by atoms with Gasteiger partial charge in [-0.15, -0.1) is 11.3 Å². The highest BCUT2D eigenvalue weighted by Crippen LogP contribution is 2.12. The van der Waals surface area contributed by atoms with E-state index in [0.717, 1.165) is 25.1 Å². The van der Waals surface area contributed by atoms with E-state index in [9.17, 15) is 0 Å². The van der Waals surface area contributed by atoms with E-state index in [2.05, 4.69) is 21.9 Å². The van der Waals surface area contributed by atoms with Gasteiger partial charge in [-0.3, -0.25) is 0 Å². The first-order valence-corrected chi connectivity index (χ1v) is 5.86. The topological polar surface area (TPSA) is 42.8 Å². The summed E-state index contributed by atoms with van der Waals surface area (Å²) in [7, 11) is 0. The summed E-state index contributed by atoms with van der Waals surface area (Å²) in [4.78, 5) is 4.23. The number of rotatable bonds is 4. The molecule has 16 heavy (non-hydrogen) atoms. The zero-order chi connectivity index (χ0) is 10.5. The third-order valence-electron chi connectivity index (χ3n) is 2.20. The fourth-order valence-electron chi connectivity index (χ4n) is 1.46. The Bertz CT molecular complexity index is 416. The fourth-order valence-corrected chi connectivity index (χ4v) is 2.06. The number of thiazole rings is 1. The SMILES string of the molecule is Nc1nc(CCC[n+]2ccccc2)cs1.[Br-]. The summed E-state index contributed by atoms with van der Waals surface area (Å²) in [5.74, 6) is 0. The van der Waals surface area contributed by atoms with Crippen molar-refractivity contribution < 1.29 is 21.5 Å². The molecular formula is C11H14BrN3S. The third kappa shape index (κ3) is 3.90. The van der Waals surface area contributed by atoms with E-state index < -0.39 is 0 Å². The molecule has 5 heteroatoms. The van der Waals surface area contributed by atoms with Crippen LogP contribution >= 0.6 is 11.3 Å². The van der Waals surface area contributed by atoms with Crippen LogP contribution in [0.3, 0.4) is 0 Å². The Morgan fingerprint density at radius 3 is 2.62 bits per heavy atom. The number of aromatic nitrogens is 2. The van der Waals surface area contributed by atoms with Crippen LogP contribution in [-0.4, -0.2) is 4.98 Å². The summed E-state index contributed by atoms with van der Waals surface area (Å²) in [6, 6.07) is 6.11. The number of pyridine rings is 1. The third-order valence-corrected chi connectivity index (χ3v) is 2.92. The molecule has 0 fully saturated rings. The van der Waals surface area contributed by atoms with Crippen molar-refractivity contribution >= 4 is 16.5 Å². The fraction of sp³-hybridized carbons (Fsp3) is 0.273. The van der Waals surface area contributed by atoms with E-state index in [1.807, 2.05) is 23.6 Å². The molecule has 0 aliphatic heterocycles. The van der Waals surface area contributed by atoms with Crippen molar-refractivity contribution in [3.63, 3.8) is 0 Å². The summed E-state index contributed by atoms with van der Waals surface area (Å²) in [6.45, 7) is 1.03. The van der Waals surface area contributed by atoms with Crippen molar-refractivity contribution in [3.8, 4) is 0 Å². The molecule has 86 valence electrons. The summed E-state index contributed by atoms with van der Waals surface area (Å²) in [6.07, 6.45) is 6.25. The molecule has 3 nitrogen and oxygen atoms in total. The van der Waals surface area contributed by atoms with E-state index >= 15 is 0 Å². The molecule has 0 atom stereocenters. The Morgan fingerprint density at radius 1 is 1.25 bits per heavy atom. The van der Waals surface area contributed by atoms with Crippen LogP contribution in [0.5, 0.6) is 0 Å². The number of hydrogen-bond donors (Lipinski definition) is 1. The number of halogens is 1. The van der Waals surface area contributed by atoms with Crippen LogP contribution in [0, 0.1) is 0 Å². The molecule has 0 bridgehead atoms. The molecule has 2 aromatic rings. The molecule has 2 aromatic heterocycles. The molecule has 0 saturated heterocycles. The minimum atomic E-state index is 0. The predicted octanol–water partition coefficient (Wildman–Crippen LogP) is -1.35. The van der Waals surface area contributed by atoms with Crippen molar-refractivity contribution in [2.45, 2.75) is 19.4 Å². The quantitative estimate of drug-likeness (QED) is 0.710. The predicted molar refractivity (Wildman–Crippen MR) is 61.5 cm³/mol. The summed E-state index contributed by atoms with van der Waals surface area (Å²) >= 11 is 1.51. The van der Waals surface area contributed by atoms with Gasteiger partial charge in [0.15, 0.2) is 17.5 Å². The largest absolute Gasteiger partial charge is 1.00 e. The van der Waals surface area contributed by atoms with Crippen LogP contribution in [0.4, 0.5) is 5.13 Å². The summed E-state index contributed by atoms with van der Waals surface area (Å²) in [5.41, 5.74) is 6.67. The molecule has 0 aliphatic carbocycles. The van der Waals surface area contributed by atoms with Crippen LogP contribution in [0.25, 0.3) is 0 Å². The standard InChI is InChI=1S/C11H14N3S.BrH/c12-11-13-10(9-15-11)5-4-8-14-6-2-1-3-7-14;/h1-3,6-7,9H,4-5,8H2,(H2,12,13);1H/q+1;/p-1. The van der Waals surface area contributed by atoms with E-state index in [0.29, 0.717) is 5.13 Å². The number of anilines is 1. The molecule has 0 unspecified atom stereocenters. The summed E-state index contributed by atoms with van der Waals surface area (Å²) in [5, 5.41) is 2.70. The lowest BCUT2D eigenvalue weighted by molar-refractivity contribution is -0.697. The minimum absolute atomic E-state index is 0. The van der Waals surface area contributed by atoms with Crippen LogP contribution in [0.15, 0.2) is 36.0 Å². The minimum Gasteiger partial charge on any atom is -1.00 e. The first-order valence-electron chi connectivity index (χ1n) is 4.98. The maximum absolute atomic E-state index is 5.56. The highest BCUT2D eigenvalue weighted by atomic mass is 79.9. The Hall–Kier alpha value is -0.940.